The van der Waals surface area contributed by atoms with Gasteiger partial charge >= 0.3 is 0 Å². The Balaban J connectivity index is 1.77. The summed E-state index contributed by atoms with van der Waals surface area (Å²) in [6.45, 7) is 6.85. The van der Waals surface area contributed by atoms with Crippen LogP contribution in [0, 0.1) is 11.3 Å². The van der Waals surface area contributed by atoms with Gasteiger partial charge in [0, 0.05) is 22.4 Å². The zero-order chi connectivity index (χ0) is 16.8. The van der Waals surface area contributed by atoms with Crippen LogP contribution in [0.15, 0.2) is 28.7 Å². The van der Waals surface area contributed by atoms with Crippen molar-refractivity contribution in [2.24, 2.45) is 17.1 Å². The molecule has 0 bridgehead atoms. The molecule has 1 aromatic rings. The summed E-state index contributed by atoms with van der Waals surface area (Å²) in [6.07, 6.45) is 2.03. The van der Waals surface area contributed by atoms with E-state index in [0.29, 0.717) is 0 Å². The van der Waals surface area contributed by atoms with Crippen molar-refractivity contribution in [3.05, 3.63) is 34.3 Å². The van der Waals surface area contributed by atoms with Crippen LogP contribution in [0.1, 0.15) is 45.2 Å². The summed E-state index contributed by atoms with van der Waals surface area (Å²) in [7, 11) is 0. The van der Waals surface area contributed by atoms with E-state index in [2.05, 4.69) is 21.2 Å². The number of fused-ring (bicyclic) bond motifs is 1. The highest BCUT2D eigenvalue weighted by Gasteiger charge is 2.70. The van der Waals surface area contributed by atoms with Crippen molar-refractivity contribution in [3.8, 4) is 0 Å². The molecule has 1 saturated heterocycles. The van der Waals surface area contributed by atoms with Gasteiger partial charge in [-0.1, -0.05) is 41.9 Å². The maximum atomic E-state index is 13.0. The number of carbonyl (C=O) groups is 1. The molecule has 0 radical (unpaired) electrons. The summed E-state index contributed by atoms with van der Waals surface area (Å²) >= 11 is 3.47. The topological polar surface area (TPSA) is 64.4 Å². The van der Waals surface area contributed by atoms with E-state index in [9.17, 15) is 4.79 Å². The third-order valence-corrected chi connectivity index (χ3v) is 6.25. The Bertz CT molecular complexity index is 619. The van der Waals surface area contributed by atoms with E-state index in [1.165, 1.54) is 0 Å². The molecule has 1 amide bonds. The van der Waals surface area contributed by atoms with E-state index in [1.807, 2.05) is 45.0 Å². The van der Waals surface area contributed by atoms with Gasteiger partial charge in [-0.25, -0.2) is 0 Å². The van der Waals surface area contributed by atoms with Gasteiger partial charge in [0.25, 0.3) is 0 Å². The largest absolute Gasteiger partial charge is 0.377 e. The average Bonchev–Trinajstić information content (AvgIpc) is 2.53. The maximum Gasteiger partial charge on any atom is 0.241 e. The van der Waals surface area contributed by atoms with Gasteiger partial charge in [0.2, 0.25) is 5.91 Å². The van der Waals surface area contributed by atoms with E-state index in [-0.39, 0.29) is 29.4 Å². The molecule has 126 valence electrons. The first-order valence-corrected chi connectivity index (χ1v) is 9.04. The third kappa shape index (κ3) is 2.53. The lowest BCUT2D eigenvalue weighted by Gasteiger charge is -2.65. The number of rotatable bonds is 3. The van der Waals surface area contributed by atoms with Crippen molar-refractivity contribution in [2.75, 3.05) is 6.61 Å². The summed E-state index contributed by atoms with van der Waals surface area (Å²) in [6, 6.07) is 7.89. The second-order valence-electron chi connectivity index (χ2n) is 7.38. The van der Waals surface area contributed by atoms with Crippen molar-refractivity contribution in [3.63, 3.8) is 0 Å². The van der Waals surface area contributed by atoms with Crippen LogP contribution >= 0.6 is 15.9 Å². The highest BCUT2D eigenvalue weighted by atomic mass is 79.9. The molecule has 2 fully saturated rings. The number of hydrogen-bond donors (Lipinski definition) is 2. The summed E-state index contributed by atoms with van der Waals surface area (Å²) in [5.41, 5.74) is 6.48. The van der Waals surface area contributed by atoms with Crippen LogP contribution in [0.3, 0.4) is 0 Å². The summed E-state index contributed by atoms with van der Waals surface area (Å²) in [5, 5.41) is 3.11. The number of benzene rings is 1. The van der Waals surface area contributed by atoms with Crippen LogP contribution in [-0.4, -0.2) is 24.2 Å². The average molecular weight is 381 g/mol. The Morgan fingerprint density at radius 3 is 2.91 bits per heavy atom. The molecule has 5 heteroatoms. The second kappa shape index (κ2) is 5.87. The molecular weight excluding hydrogens is 356 g/mol. The first-order valence-electron chi connectivity index (χ1n) is 8.25. The zero-order valence-electron chi connectivity index (χ0n) is 13.9. The Hall–Kier alpha value is -0.910. The quantitative estimate of drug-likeness (QED) is 0.846. The maximum absolute atomic E-state index is 13.0. The molecule has 1 aliphatic carbocycles. The number of nitrogens with one attached hydrogen (secondary N) is 1. The fourth-order valence-electron chi connectivity index (χ4n) is 4.21. The fourth-order valence-corrected chi connectivity index (χ4v) is 4.63. The number of hydrogen-bond acceptors (Lipinski definition) is 3. The predicted molar refractivity (Wildman–Crippen MR) is 93.9 cm³/mol. The molecule has 1 heterocycles. The Morgan fingerprint density at radius 1 is 1.48 bits per heavy atom. The summed E-state index contributed by atoms with van der Waals surface area (Å²) in [4.78, 5) is 13.0. The lowest BCUT2D eigenvalue weighted by Crippen LogP contribution is -2.82. The lowest BCUT2D eigenvalue weighted by atomic mass is 9.46. The Labute approximate surface area is 146 Å². The monoisotopic (exact) mass is 380 g/mol. The van der Waals surface area contributed by atoms with Gasteiger partial charge in [0.1, 0.15) is 5.54 Å². The standard InChI is InChI=1S/C18H25BrN2O2/c1-11(12-6-4-7-13(19)10-12)21-16(22)18(20)14-8-5-9-23-15(14)17(18,2)3/h4,6-7,10-11,14-15H,5,8-9,20H2,1-3H3,(H,21,22). The zero-order valence-corrected chi connectivity index (χ0v) is 15.5. The van der Waals surface area contributed by atoms with Crippen molar-refractivity contribution in [1.82, 2.24) is 5.32 Å². The molecule has 1 saturated carbocycles. The number of amides is 1. The van der Waals surface area contributed by atoms with E-state index in [0.717, 1.165) is 29.5 Å². The van der Waals surface area contributed by atoms with Crippen LogP contribution < -0.4 is 11.1 Å². The minimum absolute atomic E-state index is 0.0678. The normalized spacial score (nSPS) is 33.3. The van der Waals surface area contributed by atoms with Crippen LogP contribution in [0.5, 0.6) is 0 Å². The molecule has 4 nitrogen and oxygen atoms in total. The van der Waals surface area contributed by atoms with E-state index < -0.39 is 5.54 Å². The number of nitrogens with two attached hydrogens (primary N) is 1. The van der Waals surface area contributed by atoms with Gasteiger partial charge in [0.05, 0.1) is 12.1 Å². The minimum atomic E-state index is -0.863. The number of ether oxygens (including phenoxy) is 1. The van der Waals surface area contributed by atoms with Crippen molar-refractivity contribution < 1.29 is 9.53 Å². The van der Waals surface area contributed by atoms with E-state index in [1.54, 1.807) is 0 Å². The highest BCUT2D eigenvalue weighted by molar-refractivity contribution is 9.10. The molecule has 3 rings (SSSR count). The lowest BCUT2D eigenvalue weighted by molar-refractivity contribution is -0.225. The van der Waals surface area contributed by atoms with Crippen LogP contribution in [0.2, 0.25) is 0 Å². The molecular formula is C18H25BrN2O2. The molecule has 4 atom stereocenters. The first kappa shape index (κ1) is 16.9. The first-order chi connectivity index (χ1) is 10.8. The molecule has 0 aromatic heterocycles. The van der Waals surface area contributed by atoms with Crippen LogP contribution in [0.25, 0.3) is 0 Å². The van der Waals surface area contributed by atoms with Crippen LogP contribution in [-0.2, 0) is 9.53 Å². The summed E-state index contributed by atoms with van der Waals surface area (Å²) in [5.74, 6) is 0.0442. The van der Waals surface area contributed by atoms with Gasteiger partial charge in [-0.05, 0) is 37.5 Å². The summed E-state index contributed by atoms with van der Waals surface area (Å²) < 4.78 is 6.88. The van der Waals surface area contributed by atoms with E-state index >= 15 is 0 Å². The predicted octanol–water partition coefficient (Wildman–Crippen LogP) is 3.16. The Kier molecular flexibility index (Phi) is 4.32. The molecule has 0 spiro atoms. The van der Waals surface area contributed by atoms with Crippen molar-refractivity contribution in [2.45, 2.75) is 51.3 Å². The molecule has 3 N–H and O–H groups in total. The molecule has 1 aliphatic heterocycles. The van der Waals surface area contributed by atoms with Gasteiger partial charge < -0.3 is 15.8 Å². The SMILES string of the molecule is CC(NC(=O)C1(N)C2CCCOC2C1(C)C)c1cccc(Br)c1. The molecule has 1 aromatic carbocycles. The van der Waals surface area contributed by atoms with Gasteiger partial charge in [-0.3, -0.25) is 4.79 Å². The Morgan fingerprint density at radius 2 is 2.22 bits per heavy atom. The molecule has 2 aliphatic rings. The number of halogens is 1. The van der Waals surface area contributed by atoms with Crippen molar-refractivity contribution in [1.29, 1.82) is 0 Å². The molecule has 23 heavy (non-hydrogen) atoms. The number of carbonyl (C=O) groups excluding carboxylic acids is 1. The van der Waals surface area contributed by atoms with E-state index in [4.69, 9.17) is 10.5 Å². The van der Waals surface area contributed by atoms with Crippen LogP contribution in [0.4, 0.5) is 0 Å². The highest BCUT2D eigenvalue weighted by Crippen LogP contribution is 2.57. The fraction of sp³-hybridized carbons (Fsp3) is 0.611. The second-order valence-corrected chi connectivity index (χ2v) is 8.30. The van der Waals surface area contributed by atoms with Crippen molar-refractivity contribution >= 4 is 21.8 Å². The molecule has 4 unspecified atom stereocenters. The smallest absolute Gasteiger partial charge is 0.241 e. The van der Waals surface area contributed by atoms with Gasteiger partial charge in [0.15, 0.2) is 0 Å². The minimum Gasteiger partial charge on any atom is -0.377 e. The third-order valence-electron chi connectivity index (χ3n) is 5.76. The van der Waals surface area contributed by atoms with Gasteiger partial charge in [-0.15, -0.1) is 0 Å². The van der Waals surface area contributed by atoms with Gasteiger partial charge in [-0.2, -0.15) is 0 Å².